The second kappa shape index (κ2) is 6.77. The van der Waals surface area contributed by atoms with E-state index < -0.39 is 12.1 Å². The lowest BCUT2D eigenvalue weighted by molar-refractivity contribution is -0.185. The predicted octanol–water partition coefficient (Wildman–Crippen LogP) is 3.51. The van der Waals surface area contributed by atoms with E-state index >= 15 is 0 Å². The zero-order valence-electron chi connectivity index (χ0n) is 12.0. The molecule has 1 aliphatic rings. The van der Waals surface area contributed by atoms with E-state index in [0.717, 1.165) is 21.6 Å². The Morgan fingerprint density at radius 1 is 1.10 bits per heavy atom. The first kappa shape index (κ1) is 16.5. The monoisotopic (exact) mass is 287 g/mol. The van der Waals surface area contributed by atoms with Gasteiger partial charge < -0.3 is 4.90 Å². The van der Waals surface area contributed by atoms with Crippen molar-refractivity contribution in [2.45, 2.75) is 39.8 Å². The third-order valence-electron chi connectivity index (χ3n) is 3.19. The van der Waals surface area contributed by atoms with Gasteiger partial charge in [0.15, 0.2) is 0 Å². The van der Waals surface area contributed by atoms with Gasteiger partial charge in [-0.15, -0.1) is 0 Å². The average molecular weight is 287 g/mol. The van der Waals surface area contributed by atoms with Gasteiger partial charge >= 0.3 is 12.1 Å². The number of alkyl halides is 3. The van der Waals surface area contributed by atoms with Crippen molar-refractivity contribution >= 4 is 5.91 Å². The molecule has 0 aliphatic carbocycles. The molecule has 1 aliphatic heterocycles. The zero-order valence-corrected chi connectivity index (χ0v) is 12.0. The minimum atomic E-state index is -4.77. The highest BCUT2D eigenvalue weighted by Gasteiger charge is 2.42. The first-order chi connectivity index (χ1) is 9.38. The Bertz CT molecular complexity index is 469. The Morgan fingerprint density at radius 3 is 2.20 bits per heavy atom. The number of fused-ring (bicyclic) bond motifs is 1. The summed E-state index contributed by atoms with van der Waals surface area (Å²) in [4.78, 5) is 12.1. The Kier molecular flexibility index (Phi) is 5.60. The molecular formula is C15H20F3NO. The molecule has 0 aromatic heterocycles. The molecule has 1 aromatic carbocycles. The van der Waals surface area contributed by atoms with Gasteiger partial charge in [-0.25, -0.2) is 0 Å². The smallest absolute Gasteiger partial charge is 0.334 e. The van der Waals surface area contributed by atoms with E-state index in [9.17, 15) is 18.0 Å². The molecule has 0 spiro atoms. The van der Waals surface area contributed by atoms with E-state index in [4.69, 9.17) is 0 Å². The van der Waals surface area contributed by atoms with E-state index in [-0.39, 0.29) is 13.1 Å². The van der Waals surface area contributed by atoms with Gasteiger partial charge in [0.1, 0.15) is 0 Å². The minimum absolute atomic E-state index is 0.133. The molecule has 5 heteroatoms. The van der Waals surface area contributed by atoms with E-state index in [1.54, 1.807) is 0 Å². The van der Waals surface area contributed by atoms with Crippen LogP contribution < -0.4 is 0 Å². The lowest BCUT2D eigenvalue weighted by atomic mass is 10.0. The van der Waals surface area contributed by atoms with Crippen LogP contribution in [0.1, 0.15) is 30.5 Å². The average Bonchev–Trinajstić information content (AvgIpc) is 2.61. The van der Waals surface area contributed by atoms with Crippen molar-refractivity contribution in [1.29, 1.82) is 0 Å². The van der Waals surface area contributed by atoms with Gasteiger partial charge in [-0.05, 0) is 30.9 Å². The number of halogens is 3. The number of rotatable bonds is 0. The Hall–Kier alpha value is -1.52. The van der Waals surface area contributed by atoms with Crippen LogP contribution in [0.5, 0.6) is 0 Å². The summed E-state index contributed by atoms with van der Waals surface area (Å²) in [7, 11) is 0. The van der Waals surface area contributed by atoms with Crippen molar-refractivity contribution in [3.05, 3.63) is 34.9 Å². The lowest BCUT2D eigenvalue weighted by Gasteiger charge is -2.21. The second-order valence-corrected chi connectivity index (χ2v) is 4.56. The lowest BCUT2D eigenvalue weighted by Crippen LogP contribution is -2.42. The summed E-state index contributed by atoms with van der Waals surface area (Å²) in [5.41, 5.74) is 3.18. The normalized spacial score (nSPS) is 14.8. The summed E-state index contributed by atoms with van der Waals surface area (Å²) in [6.07, 6.45) is -3.80. The Balaban J connectivity index is 0.000000956. The summed E-state index contributed by atoms with van der Waals surface area (Å²) < 4.78 is 37.1. The molecule has 0 saturated carbocycles. The topological polar surface area (TPSA) is 20.3 Å². The van der Waals surface area contributed by atoms with Crippen LogP contribution >= 0.6 is 0 Å². The molecular weight excluding hydrogens is 267 g/mol. The molecule has 1 aromatic rings. The third-order valence-corrected chi connectivity index (χ3v) is 3.19. The fraction of sp³-hybridized carbons (Fsp3) is 0.533. The van der Waals surface area contributed by atoms with E-state index in [1.165, 1.54) is 0 Å². The van der Waals surface area contributed by atoms with Crippen molar-refractivity contribution in [3.8, 4) is 0 Å². The maximum atomic E-state index is 12.4. The van der Waals surface area contributed by atoms with Crippen molar-refractivity contribution in [3.63, 3.8) is 0 Å². The van der Waals surface area contributed by atoms with Crippen LogP contribution in [-0.4, -0.2) is 30.1 Å². The van der Waals surface area contributed by atoms with Gasteiger partial charge in [-0.1, -0.05) is 37.6 Å². The molecule has 0 atom stereocenters. The molecule has 2 rings (SSSR count). The minimum Gasteiger partial charge on any atom is -0.334 e. The van der Waals surface area contributed by atoms with Crippen LogP contribution in [0.4, 0.5) is 13.2 Å². The molecule has 0 radical (unpaired) electrons. The highest BCUT2D eigenvalue weighted by Crippen LogP contribution is 2.22. The first-order valence-corrected chi connectivity index (χ1v) is 6.82. The maximum absolute atomic E-state index is 12.4. The maximum Gasteiger partial charge on any atom is 0.471 e. The van der Waals surface area contributed by atoms with Gasteiger partial charge in [0.05, 0.1) is 0 Å². The molecule has 2 nitrogen and oxygen atoms in total. The van der Waals surface area contributed by atoms with Crippen molar-refractivity contribution in [2.75, 3.05) is 13.1 Å². The number of carbonyl (C=O) groups excluding carboxylic acids is 1. The highest BCUT2D eigenvalue weighted by molar-refractivity contribution is 5.82. The molecule has 0 N–H and O–H groups in total. The fourth-order valence-electron chi connectivity index (χ4n) is 2.24. The molecule has 0 bridgehead atoms. The second-order valence-electron chi connectivity index (χ2n) is 4.56. The molecule has 20 heavy (non-hydrogen) atoms. The summed E-state index contributed by atoms with van der Waals surface area (Å²) in [6, 6.07) is 5.86. The van der Waals surface area contributed by atoms with E-state index in [1.807, 2.05) is 39.0 Å². The fourth-order valence-corrected chi connectivity index (χ4v) is 2.24. The number of benzene rings is 1. The van der Waals surface area contributed by atoms with Gasteiger partial charge in [-0.2, -0.15) is 13.2 Å². The van der Waals surface area contributed by atoms with Crippen molar-refractivity contribution in [1.82, 2.24) is 4.90 Å². The number of carbonyl (C=O) groups is 1. The Labute approximate surface area is 117 Å². The van der Waals surface area contributed by atoms with Gasteiger partial charge in [0.25, 0.3) is 0 Å². The highest BCUT2D eigenvalue weighted by atomic mass is 19.4. The Morgan fingerprint density at radius 2 is 1.65 bits per heavy atom. The standard InChI is InChI=1S/C13H14F3NO.C2H6/c1-9-2-3-10-4-6-17(7-5-11(10)8-9)12(18)13(14,15)16;1-2/h2-3,8H,4-7H2,1H3;1-2H3. The molecule has 1 heterocycles. The van der Waals surface area contributed by atoms with Crippen LogP contribution in [0.15, 0.2) is 18.2 Å². The molecule has 0 saturated heterocycles. The SMILES string of the molecule is CC.Cc1ccc2c(c1)CCN(C(=O)C(F)(F)F)CC2. The van der Waals surface area contributed by atoms with Crippen LogP contribution in [0.25, 0.3) is 0 Å². The van der Waals surface area contributed by atoms with Gasteiger partial charge in [-0.3, -0.25) is 4.79 Å². The van der Waals surface area contributed by atoms with E-state index in [0.29, 0.717) is 12.8 Å². The third kappa shape index (κ3) is 3.99. The van der Waals surface area contributed by atoms with Gasteiger partial charge in [0, 0.05) is 13.1 Å². The van der Waals surface area contributed by atoms with Crippen molar-refractivity contribution < 1.29 is 18.0 Å². The number of hydrogen-bond donors (Lipinski definition) is 0. The number of nitrogens with zero attached hydrogens (tertiary/aromatic N) is 1. The number of aryl methyl sites for hydroxylation is 1. The van der Waals surface area contributed by atoms with Crippen LogP contribution in [0, 0.1) is 6.92 Å². The summed E-state index contributed by atoms with van der Waals surface area (Å²) >= 11 is 0. The molecule has 112 valence electrons. The molecule has 0 unspecified atom stereocenters. The number of amides is 1. The van der Waals surface area contributed by atoms with Crippen LogP contribution in [-0.2, 0) is 17.6 Å². The number of hydrogen-bond acceptors (Lipinski definition) is 1. The van der Waals surface area contributed by atoms with Crippen LogP contribution in [0.2, 0.25) is 0 Å². The zero-order chi connectivity index (χ0) is 15.3. The molecule has 0 fully saturated rings. The van der Waals surface area contributed by atoms with E-state index in [2.05, 4.69) is 0 Å². The van der Waals surface area contributed by atoms with Gasteiger partial charge in [0.2, 0.25) is 0 Å². The quantitative estimate of drug-likeness (QED) is 0.715. The summed E-state index contributed by atoms with van der Waals surface area (Å²) in [5, 5.41) is 0. The summed E-state index contributed by atoms with van der Waals surface area (Å²) in [6.45, 7) is 6.22. The largest absolute Gasteiger partial charge is 0.471 e. The summed E-state index contributed by atoms with van der Waals surface area (Å²) in [5.74, 6) is -1.73. The predicted molar refractivity (Wildman–Crippen MR) is 72.6 cm³/mol. The van der Waals surface area contributed by atoms with Crippen LogP contribution in [0.3, 0.4) is 0 Å². The first-order valence-electron chi connectivity index (χ1n) is 6.82. The molecule has 1 amide bonds. The van der Waals surface area contributed by atoms with Crippen molar-refractivity contribution in [2.24, 2.45) is 0 Å².